The van der Waals surface area contributed by atoms with Crippen LogP contribution < -0.4 is 10.2 Å². The molecule has 1 amide bonds. The van der Waals surface area contributed by atoms with Crippen molar-refractivity contribution in [2.75, 3.05) is 24.5 Å². The van der Waals surface area contributed by atoms with E-state index in [1.165, 1.54) is 18.2 Å². The van der Waals surface area contributed by atoms with Crippen LogP contribution in [0.4, 0.5) is 20.6 Å². The summed E-state index contributed by atoms with van der Waals surface area (Å²) in [4.78, 5) is 22.5. The SMILES string of the molecule is O=C(O)NCC1CCN(c2c(F)cccc2[N+](=O)[O-])CC1. The molecule has 2 N–H and O–H groups in total. The molecule has 21 heavy (non-hydrogen) atoms. The molecule has 1 aromatic rings. The van der Waals surface area contributed by atoms with Crippen LogP contribution in [-0.2, 0) is 0 Å². The lowest BCUT2D eigenvalue weighted by Crippen LogP contribution is -2.39. The Balaban J connectivity index is 2.06. The van der Waals surface area contributed by atoms with Crippen LogP contribution in [0.15, 0.2) is 18.2 Å². The Bertz CT molecular complexity index is 544. The average Bonchev–Trinajstić information content (AvgIpc) is 2.45. The summed E-state index contributed by atoms with van der Waals surface area (Å²) < 4.78 is 13.9. The van der Waals surface area contributed by atoms with E-state index in [0.717, 1.165) is 0 Å². The van der Waals surface area contributed by atoms with Gasteiger partial charge in [0.15, 0.2) is 11.5 Å². The summed E-state index contributed by atoms with van der Waals surface area (Å²) in [6.45, 7) is 1.28. The molecule has 0 atom stereocenters. The topological polar surface area (TPSA) is 95.7 Å². The number of anilines is 1. The maximum atomic E-state index is 13.9. The molecule has 0 saturated carbocycles. The number of benzene rings is 1. The van der Waals surface area contributed by atoms with Crippen LogP contribution in [0.2, 0.25) is 0 Å². The minimum absolute atomic E-state index is 0.0205. The molecule has 0 bridgehead atoms. The lowest BCUT2D eigenvalue weighted by Gasteiger charge is -2.33. The van der Waals surface area contributed by atoms with E-state index in [1.54, 1.807) is 4.90 Å². The van der Waals surface area contributed by atoms with Crippen molar-refractivity contribution < 1.29 is 19.2 Å². The molecule has 8 heteroatoms. The van der Waals surface area contributed by atoms with E-state index >= 15 is 0 Å². The highest BCUT2D eigenvalue weighted by Gasteiger charge is 2.27. The summed E-state index contributed by atoms with van der Waals surface area (Å²) in [7, 11) is 0. The van der Waals surface area contributed by atoms with Crippen molar-refractivity contribution in [3.05, 3.63) is 34.1 Å². The Kier molecular flexibility index (Phi) is 4.56. The van der Waals surface area contributed by atoms with Crippen molar-refractivity contribution in [1.82, 2.24) is 5.32 Å². The minimum atomic E-state index is -1.07. The fourth-order valence-corrected chi connectivity index (χ4v) is 2.56. The molecule has 1 aliphatic heterocycles. The largest absolute Gasteiger partial charge is 0.465 e. The molecule has 0 spiro atoms. The molecule has 114 valence electrons. The van der Waals surface area contributed by atoms with Gasteiger partial charge in [0.25, 0.3) is 5.69 Å². The number of rotatable bonds is 4. The first-order chi connectivity index (χ1) is 9.99. The zero-order valence-corrected chi connectivity index (χ0v) is 11.3. The van der Waals surface area contributed by atoms with E-state index in [-0.39, 0.29) is 17.3 Å². The first-order valence-corrected chi connectivity index (χ1v) is 6.63. The fraction of sp³-hybridized carbons (Fsp3) is 0.462. The third-order valence-corrected chi connectivity index (χ3v) is 3.63. The number of nitro groups is 1. The number of nitro benzene ring substituents is 1. The van der Waals surface area contributed by atoms with Crippen LogP contribution >= 0.6 is 0 Å². The summed E-state index contributed by atoms with van der Waals surface area (Å²) in [5, 5.41) is 21.9. The number of piperidine rings is 1. The van der Waals surface area contributed by atoms with E-state index in [9.17, 15) is 19.3 Å². The Hall–Kier alpha value is -2.38. The molecule has 0 radical (unpaired) electrons. The minimum Gasteiger partial charge on any atom is -0.465 e. The molecule has 0 aliphatic carbocycles. The highest BCUT2D eigenvalue weighted by atomic mass is 19.1. The summed E-state index contributed by atoms with van der Waals surface area (Å²) >= 11 is 0. The molecule has 1 saturated heterocycles. The molecule has 1 heterocycles. The Labute approximate surface area is 120 Å². The van der Waals surface area contributed by atoms with E-state index in [1.807, 2.05) is 0 Å². The van der Waals surface area contributed by atoms with Crippen LogP contribution in [0.1, 0.15) is 12.8 Å². The van der Waals surface area contributed by atoms with Crippen LogP contribution in [-0.4, -0.2) is 35.8 Å². The lowest BCUT2D eigenvalue weighted by molar-refractivity contribution is -0.384. The molecular formula is C13H16FN3O4. The third kappa shape index (κ3) is 3.59. The zero-order chi connectivity index (χ0) is 15.4. The van der Waals surface area contributed by atoms with Gasteiger partial charge >= 0.3 is 6.09 Å². The molecule has 2 rings (SSSR count). The highest BCUT2D eigenvalue weighted by Crippen LogP contribution is 2.33. The molecule has 0 aromatic heterocycles. The van der Waals surface area contributed by atoms with Gasteiger partial charge in [-0.3, -0.25) is 10.1 Å². The van der Waals surface area contributed by atoms with Crippen LogP contribution in [0.25, 0.3) is 0 Å². The van der Waals surface area contributed by atoms with Crippen molar-refractivity contribution in [3.63, 3.8) is 0 Å². The van der Waals surface area contributed by atoms with Gasteiger partial charge in [0.1, 0.15) is 0 Å². The second-order valence-electron chi connectivity index (χ2n) is 4.98. The Morgan fingerprint density at radius 1 is 1.48 bits per heavy atom. The van der Waals surface area contributed by atoms with E-state index in [2.05, 4.69) is 5.32 Å². The molecule has 0 unspecified atom stereocenters. The maximum Gasteiger partial charge on any atom is 0.404 e. The number of carbonyl (C=O) groups is 1. The second kappa shape index (κ2) is 6.38. The zero-order valence-electron chi connectivity index (χ0n) is 11.3. The van der Waals surface area contributed by atoms with Gasteiger partial charge in [-0.1, -0.05) is 6.07 Å². The number of halogens is 1. The standard InChI is InChI=1S/C13H16FN3O4/c14-10-2-1-3-11(17(20)21)12(10)16-6-4-9(5-7-16)8-15-13(18)19/h1-3,9,15H,4-8H2,(H,18,19). The first-order valence-electron chi connectivity index (χ1n) is 6.63. The lowest BCUT2D eigenvalue weighted by atomic mass is 9.96. The van der Waals surface area contributed by atoms with E-state index in [4.69, 9.17) is 5.11 Å². The molecule has 1 aliphatic rings. The number of hydrogen-bond acceptors (Lipinski definition) is 4. The number of carboxylic acid groups (broad SMARTS) is 1. The van der Waals surface area contributed by atoms with Gasteiger partial charge in [-0.25, -0.2) is 9.18 Å². The predicted octanol–water partition coefficient (Wildman–Crippen LogP) is 2.22. The Morgan fingerprint density at radius 2 is 2.14 bits per heavy atom. The monoisotopic (exact) mass is 297 g/mol. The van der Waals surface area contributed by atoms with Gasteiger partial charge < -0.3 is 15.3 Å². The summed E-state index contributed by atoms with van der Waals surface area (Å²) in [6, 6.07) is 3.82. The summed E-state index contributed by atoms with van der Waals surface area (Å²) in [6.07, 6.45) is 0.250. The van der Waals surface area contributed by atoms with Gasteiger partial charge in [0.2, 0.25) is 0 Å². The second-order valence-corrected chi connectivity index (χ2v) is 4.98. The van der Waals surface area contributed by atoms with Crippen LogP contribution in [0.5, 0.6) is 0 Å². The molecular weight excluding hydrogens is 281 g/mol. The van der Waals surface area contributed by atoms with E-state index < -0.39 is 16.8 Å². The van der Waals surface area contributed by atoms with Crippen molar-refractivity contribution in [2.24, 2.45) is 5.92 Å². The van der Waals surface area contributed by atoms with Gasteiger partial charge in [0.05, 0.1) is 4.92 Å². The van der Waals surface area contributed by atoms with Gasteiger partial charge in [0, 0.05) is 25.7 Å². The highest BCUT2D eigenvalue weighted by molar-refractivity contribution is 5.65. The van der Waals surface area contributed by atoms with Crippen molar-refractivity contribution in [1.29, 1.82) is 0 Å². The third-order valence-electron chi connectivity index (χ3n) is 3.63. The molecule has 1 aromatic carbocycles. The number of nitrogens with one attached hydrogen (secondary N) is 1. The van der Waals surface area contributed by atoms with Crippen LogP contribution in [0.3, 0.4) is 0 Å². The van der Waals surface area contributed by atoms with Gasteiger partial charge in [-0.2, -0.15) is 0 Å². The first kappa shape index (κ1) is 15.0. The normalized spacial score (nSPS) is 15.8. The fourth-order valence-electron chi connectivity index (χ4n) is 2.56. The van der Waals surface area contributed by atoms with Gasteiger partial charge in [-0.05, 0) is 24.8 Å². The maximum absolute atomic E-state index is 13.9. The number of para-hydroxylation sites is 1. The van der Waals surface area contributed by atoms with Crippen molar-refractivity contribution >= 4 is 17.5 Å². The van der Waals surface area contributed by atoms with Crippen LogP contribution in [0, 0.1) is 21.8 Å². The number of nitrogens with zero attached hydrogens (tertiary/aromatic N) is 2. The predicted molar refractivity (Wildman–Crippen MR) is 74.0 cm³/mol. The summed E-state index contributed by atoms with van der Waals surface area (Å²) in [5.74, 6) is -0.436. The molecule has 7 nitrogen and oxygen atoms in total. The number of hydrogen-bond donors (Lipinski definition) is 2. The molecule has 1 fully saturated rings. The quantitative estimate of drug-likeness (QED) is 0.656. The van der Waals surface area contributed by atoms with Crippen molar-refractivity contribution in [3.8, 4) is 0 Å². The average molecular weight is 297 g/mol. The van der Waals surface area contributed by atoms with E-state index in [0.29, 0.717) is 32.5 Å². The van der Waals surface area contributed by atoms with Crippen molar-refractivity contribution in [2.45, 2.75) is 12.8 Å². The summed E-state index contributed by atoms with van der Waals surface area (Å²) in [5.41, 5.74) is -0.218. The van der Waals surface area contributed by atoms with Gasteiger partial charge in [-0.15, -0.1) is 0 Å². The number of amides is 1. The Morgan fingerprint density at radius 3 is 2.71 bits per heavy atom. The smallest absolute Gasteiger partial charge is 0.404 e.